The number of benzene rings is 2. The molecule has 2 aromatic heterocycles. The van der Waals surface area contributed by atoms with Crippen molar-refractivity contribution in [3.05, 3.63) is 82.2 Å². The number of ether oxygens (including phenoxy) is 1. The van der Waals surface area contributed by atoms with Crippen molar-refractivity contribution in [2.75, 3.05) is 44.8 Å². The third-order valence-electron chi connectivity index (χ3n) is 6.69. The van der Waals surface area contributed by atoms with Crippen LogP contribution in [0.25, 0.3) is 22.5 Å². The molecule has 0 atom stereocenters. The van der Waals surface area contributed by atoms with Gasteiger partial charge in [-0.2, -0.15) is 5.10 Å². The standard InChI is InChI=1S/C28H31N7O4/c1-20-17-22(5-6-26(20)35(37)38)27-24(19-34(32-27)11-14-36)25-7-9-29-28(31-25)30-23-4-2-3-21(18-23)8-10-33-12-15-39-16-13-33/h2-7,9,17-19,36H,8,10-16H2,1H3,(H,29,30,31). The Bertz CT molecular complexity index is 1450. The number of anilines is 2. The summed E-state index contributed by atoms with van der Waals surface area (Å²) in [6.07, 6.45) is 4.44. The molecule has 0 unspecified atom stereocenters. The fourth-order valence-electron chi connectivity index (χ4n) is 4.66. The number of nitrogens with zero attached hydrogens (tertiary/aromatic N) is 6. The highest BCUT2D eigenvalue weighted by atomic mass is 16.6. The number of rotatable bonds is 10. The summed E-state index contributed by atoms with van der Waals surface area (Å²) in [6, 6.07) is 15.0. The average molecular weight is 530 g/mol. The van der Waals surface area contributed by atoms with Gasteiger partial charge in [0.2, 0.25) is 5.95 Å². The molecule has 1 aliphatic rings. The molecule has 0 aliphatic carbocycles. The maximum Gasteiger partial charge on any atom is 0.272 e. The predicted octanol–water partition coefficient (Wildman–Crippen LogP) is 3.83. The van der Waals surface area contributed by atoms with E-state index in [4.69, 9.17) is 9.72 Å². The first-order valence-corrected chi connectivity index (χ1v) is 12.9. The van der Waals surface area contributed by atoms with Crippen LogP contribution < -0.4 is 5.32 Å². The van der Waals surface area contributed by atoms with Crippen LogP contribution in [0.1, 0.15) is 11.1 Å². The Kier molecular flexibility index (Phi) is 8.21. The first kappa shape index (κ1) is 26.4. The molecule has 0 bridgehead atoms. The summed E-state index contributed by atoms with van der Waals surface area (Å²) in [7, 11) is 0. The van der Waals surface area contributed by atoms with Gasteiger partial charge < -0.3 is 15.2 Å². The number of morpholine rings is 1. The molecule has 0 spiro atoms. The second-order valence-corrected chi connectivity index (χ2v) is 9.43. The molecule has 1 saturated heterocycles. The van der Waals surface area contributed by atoms with Gasteiger partial charge in [0, 0.05) is 60.5 Å². The highest BCUT2D eigenvalue weighted by Crippen LogP contribution is 2.33. The lowest BCUT2D eigenvalue weighted by Gasteiger charge is -2.26. The van der Waals surface area contributed by atoms with E-state index >= 15 is 0 Å². The molecular formula is C28H31N7O4. The van der Waals surface area contributed by atoms with Crippen molar-refractivity contribution in [3.8, 4) is 22.5 Å². The minimum atomic E-state index is -0.398. The Morgan fingerprint density at radius 1 is 1.13 bits per heavy atom. The number of aliphatic hydroxyl groups is 1. The number of hydrogen-bond acceptors (Lipinski definition) is 9. The van der Waals surface area contributed by atoms with E-state index in [2.05, 4.69) is 32.4 Å². The van der Waals surface area contributed by atoms with Crippen molar-refractivity contribution < 1.29 is 14.8 Å². The van der Waals surface area contributed by atoms with Gasteiger partial charge in [-0.05, 0) is 49.2 Å². The molecule has 0 saturated carbocycles. The lowest BCUT2D eigenvalue weighted by molar-refractivity contribution is -0.385. The molecule has 1 aliphatic heterocycles. The molecule has 39 heavy (non-hydrogen) atoms. The van der Waals surface area contributed by atoms with E-state index in [1.165, 1.54) is 11.6 Å². The van der Waals surface area contributed by atoms with Crippen molar-refractivity contribution in [3.63, 3.8) is 0 Å². The Morgan fingerprint density at radius 3 is 2.74 bits per heavy atom. The van der Waals surface area contributed by atoms with Gasteiger partial charge in [0.05, 0.1) is 37.0 Å². The number of nitrogens with one attached hydrogen (secondary N) is 1. The van der Waals surface area contributed by atoms with Crippen LogP contribution in [0.15, 0.2) is 60.9 Å². The van der Waals surface area contributed by atoms with Crippen molar-refractivity contribution in [1.29, 1.82) is 0 Å². The summed E-state index contributed by atoms with van der Waals surface area (Å²) in [4.78, 5) is 22.5. The normalized spacial score (nSPS) is 13.9. The topological polar surface area (TPSA) is 131 Å². The molecule has 2 N–H and O–H groups in total. The first-order valence-electron chi connectivity index (χ1n) is 12.9. The van der Waals surface area contributed by atoms with Crippen LogP contribution in [0, 0.1) is 17.0 Å². The summed E-state index contributed by atoms with van der Waals surface area (Å²) >= 11 is 0. The molecule has 2 aromatic carbocycles. The minimum absolute atomic E-state index is 0.0517. The minimum Gasteiger partial charge on any atom is -0.394 e. The first-order chi connectivity index (χ1) is 19.0. The maximum absolute atomic E-state index is 11.3. The molecule has 0 radical (unpaired) electrons. The van der Waals surface area contributed by atoms with E-state index in [9.17, 15) is 15.2 Å². The maximum atomic E-state index is 11.3. The van der Waals surface area contributed by atoms with E-state index in [0.29, 0.717) is 29.4 Å². The van der Waals surface area contributed by atoms with Crippen LogP contribution in [-0.4, -0.2) is 74.1 Å². The Labute approximate surface area is 226 Å². The second kappa shape index (κ2) is 12.1. The molecule has 4 aromatic rings. The summed E-state index contributed by atoms with van der Waals surface area (Å²) in [6.45, 7) is 6.45. The van der Waals surface area contributed by atoms with E-state index in [1.807, 2.05) is 18.3 Å². The number of aromatic nitrogens is 4. The van der Waals surface area contributed by atoms with Gasteiger partial charge in [0.25, 0.3) is 5.69 Å². The van der Waals surface area contributed by atoms with Crippen LogP contribution in [-0.2, 0) is 17.7 Å². The Hall–Kier alpha value is -4.19. The number of aliphatic hydroxyl groups excluding tert-OH is 1. The lowest BCUT2D eigenvalue weighted by Crippen LogP contribution is -2.37. The summed E-state index contributed by atoms with van der Waals surface area (Å²) < 4.78 is 7.08. The quantitative estimate of drug-likeness (QED) is 0.232. The summed E-state index contributed by atoms with van der Waals surface area (Å²) in [5.41, 5.74) is 5.45. The van der Waals surface area contributed by atoms with E-state index in [0.717, 1.165) is 56.1 Å². The van der Waals surface area contributed by atoms with Gasteiger partial charge in [0.15, 0.2) is 0 Å². The molecule has 11 nitrogen and oxygen atoms in total. The molecule has 202 valence electrons. The van der Waals surface area contributed by atoms with Gasteiger partial charge in [-0.15, -0.1) is 0 Å². The molecule has 3 heterocycles. The van der Waals surface area contributed by atoms with Gasteiger partial charge in [-0.1, -0.05) is 12.1 Å². The van der Waals surface area contributed by atoms with E-state index in [-0.39, 0.29) is 12.3 Å². The summed E-state index contributed by atoms with van der Waals surface area (Å²) in [5, 5.41) is 28.7. The monoisotopic (exact) mass is 529 g/mol. The van der Waals surface area contributed by atoms with Crippen LogP contribution in [0.2, 0.25) is 0 Å². The molecular weight excluding hydrogens is 498 g/mol. The van der Waals surface area contributed by atoms with Crippen LogP contribution in [0.3, 0.4) is 0 Å². The van der Waals surface area contributed by atoms with Gasteiger partial charge in [-0.25, -0.2) is 9.97 Å². The van der Waals surface area contributed by atoms with Crippen LogP contribution in [0.4, 0.5) is 17.3 Å². The predicted molar refractivity (Wildman–Crippen MR) is 148 cm³/mol. The van der Waals surface area contributed by atoms with E-state index < -0.39 is 4.92 Å². The van der Waals surface area contributed by atoms with Crippen LogP contribution in [0.5, 0.6) is 0 Å². The zero-order valence-corrected chi connectivity index (χ0v) is 21.8. The fraction of sp³-hybridized carbons (Fsp3) is 0.321. The third kappa shape index (κ3) is 6.45. The SMILES string of the molecule is Cc1cc(-c2nn(CCO)cc2-c2ccnc(Nc3cccc(CCN4CCOCC4)c3)n2)ccc1[N+](=O)[O-]. The number of nitro benzene ring substituents is 1. The fourth-order valence-corrected chi connectivity index (χ4v) is 4.66. The molecule has 1 fully saturated rings. The van der Waals surface area contributed by atoms with Crippen molar-refractivity contribution in [1.82, 2.24) is 24.6 Å². The van der Waals surface area contributed by atoms with Crippen molar-refractivity contribution in [2.24, 2.45) is 0 Å². The van der Waals surface area contributed by atoms with Gasteiger partial charge in [-0.3, -0.25) is 19.7 Å². The largest absolute Gasteiger partial charge is 0.394 e. The number of aryl methyl sites for hydroxylation is 1. The van der Waals surface area contributed by atoms with E-state index in [1.54, 1.807) is 36.0 Å². The van der Waals surface area contributed by atoms with Crippen molar-refractivity contribution >= 4 is 17.3 Å². The smallest absolute Gasteiger partial charge is 0.272 e. The zero-order valence-electron chi connectivity index (χ0n) is 21.8. The molecule has 5 rings (SSSR count). The van der Waals surface area contributed by atoms with Crippen LogP contribution >= 0.6 is 0 Å². The zero-order chi connectivity index (χ0) is 27.2. The second-order valence-electron chi connectivity index (χ2n) is 9.43. The lowest BCUT2D eigenvalue weighted by atomic mass is 10.0. The Morgan fingerprint density at radius 2 is 1.97 bits per heavy atom. The van der Waals surface area contributed by atoms with Crippen molar-refractivity contribution in [2.45, 2.75) is 19.9 Å². The highest BCUT2D eigenvalue weighted by molar-refractivity contribution is 5.80. The summed E-state index contributed by atoms with van der Waals surface area (Å²) in [5.74, 6) is 0.443. The molecule has 0 amide bonds. The van der Waals surface area contributed by atoms with Gasteiger partial charge in [0.1, 0.15) is 5.69 Å². The van der Waals surface area contributed by atoms with Gasteiger partial charge >= 0.3 is 0 Å². The third-order valence-corrected chi connectivity index (χ3v) is 6.69. The Balaban J connectivity index is 1.38. The highest BCUT2D eigenvalue weighted by Gasteiger charge is 2.18. The molecule has 11 heteroatoms. The number of nitro groups is 1. The average Bonchev–Trinajstić information content (AvgIpc) is 3.37. The number of hydrogen-bond donors (Lipinski definition) is 2.